The van der Waals surface area contributed by atoms with Gasteiger partial charge in [0.15, 0.2) is 5.76 Å². The molecular formula is C28H40N2O8. The van der Waals surface area contributed by atoms with Gasteiger partial charge < -0.3 is 34.2 Å². The van der Waals surface area contributed by atoms with Crippen LogP contribution in [-0.2, 0) is 28.6 Å². The molecule has 38 heavy (non-hydrogen) atoms. The fourth-order valence-electron chi connectivity index (χ4n) is 6.92. The van der Waals surface area contributed by atoms with Gasteiger partial charge in [-0.1, -0.05) is 6.92 Å². The first-order chi connectivity index (χ1) is 17.8. The van der Waals surface area contributed by atoms with E-state index >= 15 is 0 Å². The number of ether oxygens (including phenoxy) is 3. The predicted octanol–water partition coefficient (Wildman–Crippen LogP) is 1.75. The van der Waals surface area contributed by atoms with E-state index in [2.05, 4.69) is 0 Å². The topological polar surface area (TPSA) is 126 Å². The van der Waals surface area contributed by atoms with Crippen LogP contribution in [0, 0.1) is 16.7 Å². The normalized spacial score (nSPS) is 35.8. The van der Waals surface area contributed by atoms with Gasteiger partial charge in [0.2, 0.25) is 5.78 Å². The number of ketones is 1. The number of rotatable bonds is 7. The van der Waals surface area contributed by atoms with Crippen LogP contribution in [-0.4, -0.2) is 104 Å². The SMILES string of the molecule is COCC1OC(=O)C(=CN(C)CCN(C)C)C2=C(O)C(=O)C3=C(C(OC(C)=O)CC4(C)C(O)CCC34)C21C. The molecule has 10 nitrogen and oxygen atoms in total. The molecule has 4 rings (SSSR count). The molecule has 1 heterocycles. The number of methoxy groups -OCH3 is 1. The van der Waals surface area contributed by atoms with Crippen molar-refractivity contribution in [2.45, 2.75) is 58.3 Å². The molecule has 2 fully saturated rings. The first-order valence-electron chi connectivity index (χ1n) is 13.1. The monoisotopic (exact) mass is 532 g/mol. The summed E-state index contributed by atoms with van der Waals surface area (Å²) >= 11 is 0. The molecule has 0 radical (unpaired) electrons. The van der Waals surface area contributed by atoms with Crippen LogP contribution in [0.15, 0.2) is 34.3 Å². The Bertz CT molecular complexity index is 1120. The van der Waals surface area contributed by atoms with Gasteiger partial charge in [-0.05, 0) is 51.8 Å². The highest BCUT2D eigenvalue weighted by atomic mass is 16.6. The second-order valence-electron chi connectivity index (χ2n) is 11.7. The summed E-state index contributed by atoms with van der Waals surface area (Å²) in [6.07, 6.45) is 0.537. The van der Waals surface area contributed by atoms with Crippen molar-refractivity contribution >= 4 is 17.7 Å². The second kappa shape index (κ2) is 10.1. The zero-order valence-corrected chi connectivity index (χ0v) is 23.4. The van der Waals surface area contributed by atoms with Crippen molar-refractivity contribution < 1.29 is 38.8 Å². The molecule has 0 bridgehead atoms. The molecule has 3 aliphatic carbocycles. The van der Waals surface area contributed by atoms with E-state index in [0.717, 1.165) is 6.54 Å². The van der Waals surface area contributed by atoms with Crippen LogP contribution >= 0.6 is 0 Å². The van der Waals surface area contributed by atoms with Crippen LogP contribution in [0.25, 0.3) is 0 Å². The zero-order chi connectivity index (χ0) is 28.2. The van der Waals surface area contributed by atoms with Crippen molar-refractivity contribution in [2.24, 2.45) is 16.7 Å². The Morgan fingerprint density at radius 1 is 1.18 bits per heavy atom. The molecule has 6 atom stereocenters. The van der Waals surface area contributed by atoms with E-state index in [1.165, 1.54) is 14.0 Å². The van der Waals surface area contributed by atoms with Gasteiger partial charge in [0.25, 0.3) is 0 Å². The van der Waals surface area contributed by atoms with Gasteiger partial charge in [0, 0.05) is 56.9 Å². The van der Waals surface area contributed by atoms with E-state index in [-0.39, 0.29) is 23.7 Å². The number of aliphatic hydroxyl groups excluding tert-OH is 2. The number of nitrogens with zero attached hydrogens (tertiary/aromatic N) is 2. The Morgan fingerprint density at radius 2 is 1.87 bits per heavy atom. The third kappa shape index (κ3) is 4.36. The van der Waals surface area contributed by atoms with Crippen LogP contribution < -0.4 is 0 Å². The van der Waals surface area contributed by atoms with Crippen LogP contribution in [0.4, 0.5) is 0 Å². The third-order valence-electron chi connectivity index (χ3n) is 8.91. The van der Waals surface area contributed by atoms with Crippen molar-refractivity contribution in [3.63, 3.8) is 0 Å². The van der Waals surface area contributed by atoms with Gasteiger partial charge in [0.05, 0.1) is 23.7 Å². The van der Waals surface area contributed by atoms with Gasteiger partial charge in [0.1, 0.15) is 12.2 Å². The minimum Gasteiger partial charge on any atom is -0.504 e. The quantitative estimate of drug-likeness (QED) is 0.370. The van der Waals surface area contributed by atoms with Crippen LogP contribution in [0.1, 0.15) is 40.0 Å². The highest BCUT2D eigenvalue weighted by Crippen LogP contribution is 2.63. The molecule has 10 heteroatoms. The van der Waals surface area contributed by atoms with E-state index < -0.39 is 52.6 Å². The van der Waals surface area contributed by atoms with Crippen molar-refractivity contribution in [1.29, 1.82) is 0 Å². The maximum absolute atomic E-state index is 14.0. The number of hydrogen-bond acceptors (Lipinski definition) is 10. The minimum atomic E-state index is -1.21. The molecule has 0 aromatic rings. The van der Waals surface area contributed by atoms with Crippen LogP contribution in [0.2, 0.25) is 0 Å². The number of carbonyl (C=O) groups is 3. The lowest BCUT2D eigenvalue weighted by atomic mass is 9.53. The molecule has 0 aromatic carbocycles. The molecule has 1 aliphatic heterocycles. The van der Waals surface area contributed by atoms with Gasteiger partial charge in [-0.3, -0.25) is 9.59 Å². The number of hydrogen-bond donors (Lipinski definition) is 2. The highest BCUT2D eigenvalue weighted by molar-refractivity contribution is 6.13. The summed E-state index contributed by atoms with van der Waals surface area (Å²) in [5.41, 5.74) is -0.797. The number of allylic oxidation sites excluding steroid dienone is 1. The van der Waals surface area contributed by atoms with Crippen molar-refractivity contribution in [3.05, 3.63) is 34.3 Å². The van der Waals surface area contributed by atoms with Gasteiger partial charge >= 0.3 is 11.9 Å². The number of likely N-dealkylation sites (N-methyl/N-ethyl adjacent to an activating group) is 2. The Kier molecular flexibility index (Phi) is 7.55. The smallest absolute Gasteiger partial charge is 0.340 e. The summed E-state index contributed by atoms with van der Waals surface area (Å²) in [5, 5.41) is 22.4. The van der Waals surface area contributed by atoms with Crippen molar-refractivity contribution in [3.8, 4) is 0 Å². The molecular weight excluding hydrogens is 492 g/mol. The maximum atomic E-state index is 14.0. The number of esters is 2. The molecule has 6 unspecified atom stereocenters. The average molecular weight is 533 g/mol. The van der Waals surface area contributed by atoms with E-state index in [1.807, 2.05) is 44.8 Å². The summed E-state index contributed by atoms with van der Waals surface area (Å²) in [7, 11) is 7.18. The Hall–Kier alpha value is -2.69. The maximum Gasteiger partial charge on any atom is 0.340 e. The molecule has 4 aliphatic rings. The van der Waals surface area contributed by atoms with Crippen molar-refractivity contribution in [2.75, 3.05) is 47.9 Å². The van der Waals surface area contributed by atoms with Crippen LogP contribution in [0.3, 0.4) is 0 Å². The Labute approximate surface area is 223 Å². The molecule has 210 valence electrons. The van der Waals surface area contributed by atoms with E-state index in [1.54, 1.807) is 6.20 Å². The Morgan fingerprint density at radius 3 is 2.47 bits per heavy atom. The van der Waals surface area contributed by atoms with E-state index in [9.17, 15) is 24.6 Å². The lowest BCUT2D eigenvalue weighted by molar-refractivity contribution is -0.161. The number of Topliss-reactive ketones (excluding diaryl/α,β-unsaturated/α-hetero) is 1. The van der Waals surface area contributed by atoms with Crippen molar-refractivity contribution in [1.82, 2.24) is 9.80 Å². The minimum absolute atomic E-state index is 0.00505. The fourth-order valence-corrected chi connectivity index (χ4v) is 6.92. The van der Waals surface area contributed by atoms with Crippen LogP contribution in [0.5, 0.6) is 0 Å². The Balaban J connectivity index is 1.95. The highest BCUT2D eigenvalue weighted by Gasteiger charge is 2.64. The van der Waals surface area contributed by atoms with Gasteiger partial charge in [-0.2, -0.15) is 0 Å². The lowest BCUT2D eigenvalue weighted by Crippen LogP contribution is -2.57. The first-order valence-corrected chi connectivity index (χ1v) is 13.1. The molecule has 0 aromatic heterocycles. The predicted molar refractivity (Wildman–Crippen MR) is 138 cm³/mol. The molecule has 1 saturated carbocycles. The molecule has 0 spiro atoms. The summed E-state index contributed by atoms with van der Waals surface area (Å²) in [6, 6.07) is 0. The summed E-state index contributed by atoms with van der Waals surface area (Å²) < 4.78 is 17.2. The fraction of sp³-hybridized carbons (Fsp3) is 0.679. The number of aliphatic hydroxyl groups is 2. The summed E-state index contributed by atoms with van der Waals surface area (Å²) in [6.45, 7) is 6.33. The van der Waals surface area contributed by atoms with Gasteiger partial charge in [-0.25, -0.2) is 4.79 Å². The average Bonchev–Trinajstić information content (AvgIpc) is 3.12. The summed E-state index contributed by atoms with van der Waals surface area (Å²) in [5.74, 6) is -2.64. The largest absolute Gasteiger partial charge is 0.504 e. The lowest BCUT2D eigenvalue weighted by Gasteiger charge is -2.54. The number of cyclic esters (lactones) is 1. The number of fused-ring (bicyclic) bond motifs is 4. The standard InChI is InChI=1S/C28H40N2O8/c1-15(31)37-18-12-27(2)17(8-9-19(27)32)21-23(18)28(3)20(14-36-7)38-26(35)16(22(28)25(34)24(21)33)13-30(6)11-10-29(4)5/h13,17-20,32,34H,8-12,14H2,1-7H3. The van der Waals surface area contributed by atoms with E-state index in [0.29, 0.717) is 37.0 Å². The van der Waals surface area contributed by atoms with Gasteiger partial charge in [-0.15, -0.1) is 0 Å². The molecule has 0 amide bonds. The third-order valence-corrected chi connectivity index (χ3v) is 8.91. The first kappa shape index (κ1) is 28.3. The molecule has 1 saturated heterocycles. The summed E-state index contributed by atoms with van der Waals surface area (Å²) in [4.78, 5) is 43.4. The molecule has 2 N–H and O–H groups in total. The zero-order valence-electron chi connectivity index (χ0n) is 23.4. The second-order valence-corrected chi connectivity index (χ2v) is 11.7. The van der Waals surface area contributed by atoms with E-state index in [4.69, 9.17) is 14.2 Å². The number of carbonyl (C=O) groups excluding carboxylic acids is 3.